The lowest BCUT2D eigenvalue weighted by atomic mass is 9.96. The van der Waals surface area contributed by atoms with Crippen LogP contribution in [0.2, 0.25) is 0 Å². The first-order valence-electron chi connectivity index (χ1n) is 9.12. The number of carbonyl (C=O) groups is 3. The van der Waals surface area contributed by atoms with Gasteiger partial charge in [0, 0.05) is 18.8 Å². The fourth-order valence-corrected chi connectivity index (χ4v) is 3.32. The van der Waals surface area contributed by atoms with Crippen molar-refractivity contribution in [2.24, 2.45) is 11.7 Å². The molecule has 1 fully saturated rings. The molecule has 28 heavy (non-hydrogen) atoms. The molecule has 2 aromatic carbocycles. The zero-order valence-corrected chi connectivity index (χ0v) is 15.7. The molecule has 1 saturated heterocycles. The van der Waals surface area contributed by atoms with Gasteiger partial charge in [0.15, 0.2) is 0 Å². The molecule has 7 nitrogen and oxygen atoms in total. The molecule has 0 saturated carbocycles. The van der Waals surface area contributed by atoms with Crippen LogP contribution in [0.5, 0.6) is 5.75 Å². The summed E-state index contributed by atoms with van der Waals surface area (Å²) in [6.45, 7) is 0.649. The number of ether oxygens (including phenoxy) is 1. The second-order valence-corrected chi connectivity index (χ2v) is 6.75. The van der Waals surface area contributed by atoms with Gasteiger partial charge in [-0.3, -0.25) is 14.4 Å². The van der Waals surface area contributed by atoms with Crippen molar-refractivity contribution in [3.05, 3.63) is 48.5 Å². The van der Waals surface area contributed by atoms with Gasteiger partial charge >= 0.3 is 11.8 Å². The molecule has 0 aliphatic carbocycles. The lowest BCUT2D eigenvalue weighted by Gasteiger charge is -2.31. The Labute approximate surface area is 163 Å². The summed E-state index contributed by atoms with van der Waals surface area (Å²) >= 11 is 0. The third kappa shape index (κ3) is 4.49. The van der Waals surface area contributed by atoms with E-state index in [1.807, 2.05) is 48.5 Å². The molecule has 3 N–H and O–H groups in total. The zero-order chi connectivity index (χ0) is 20.1. The number of hydrogen-bond acceptors (Lipinski definition) is 4. The fourth-order valence-electron chi connectivity index (χ4n) is 3.32. The smallest absolute Gasteiger partial charge is 0.311 e. The van der Waals surface area contributed by atoms with Crippen molar-refractivity contribution in [1.29, 1.82) is 0 Å². The van der Waals surface area contributed by atoms with Crippen LogP contribution in [0.25, 0.3) is 11.1 Å². The van der Waals surface area contributed by atoms with E-state index in [9.17, 15) is 14.4 Å². The number of piperidine rings is 1. The number of nitrogens with one attached hydrogen (secondary N) is 1. The number of primary amides is 1. The number of hydrogen-bond donors (Lipinski definition) is 2. The third-order valence-electron chi connectivity index (χ3n) is 4.85. The SMILES string of the molecule is COc1cccc(-c2ccc(NC(=O)[C@H]3CCCN(C(=O)C(N)=O)C3)cc2)c1. The molecule has 1 atom stereocenters. The van der Waals surface area contributed by atoms with Gasteiger partial charge in [0.25, 0.3) is 0 Å². The molecule has 3 rings (SSSR count). The highest BCUT2D eigenvalue weighted by molar-refractivity contribution is 6.34. The predicted octanol–water partition coefficient (Wildman–Crippen LogP) is 2.02. The second-order valence-electron chi connectivity index (χ2n) is 6.75. The van der Waals surface area contributed by atoms with E-state index in [2.05, 4.69) is 5.32 Å². The quantitative estimate of drug-likeness (QED) is 0.791. The first-order chi connectivity index (χ1) is 13.5. The highest BCUT2D eigenvalue weighted by Crippen LogP contribution is 2.25. The molecule has 0 unspecified atom stereocenters. The van der Waals surface area contributed by atoms with Crippen molar-refractivity contribution in [3.8, 4) is 16.9 Å². The van der Waals surface area contributed by atoms with Gasteiger partial charge in [-0.15, -0.1) is 0 Å². The van der Waals surface area contributed by atoms with Crippen LogP contribution < -0.4 is 15.8 Å². The number of carbonyl (C=O) groups excluding carboxylic acids is 3. The van der Waals surface area contributed by atoms with Crippen molar-refractivity contribution < 1.29 is 19.1 Å². The van der Waals surface area contributed by atoms with Gasteiger partial charge in [0.05, 0.1) is 13.0 Å². The number of nitrogens with two attached hydrogens (primary N) is 1. The number of anilines is 1. The number of methoxy groups -OCH3 is 1. The highest BCUT2D eigenvalue weighted by atomic mass is 16.5. The zero-order valence-electron chi connectivity index (χ0n) is 15.7. The average Bonchev–Trinajstić information content (AvgIpc) is 2.73. The average molecular weight is 381 g/mol. The number of rotatable bonds is 4. The normalized spacial score (nSPS) is 16.3. The summed E-state index contributed by atoms with van der Waals surface area (Å²) in [4.78, 5) is 36.7. The van der Waals surface area contributed by atoms with Crippen LogP contribution in [0.4, 0.5) is 5.69 Å². The van der Waals surface area contributed by atoms with E-state index < -0.39 is 11.8 Å². The summed E-state index contributed by atoms with van der Waals surface area (Å²) in [5, 5.41) is 2.88. The Morgan fingerprint density at radius 2 is 1.86 bits per heavy atom. The van der Waals surface area contributed by atoms with E-state index in [4.69, 9.17) is 10.5 Å². The van der Waals surface area contributed by atoms with E-state index in [-0.39, 0.29) is 18.4 Å². The number of likely N-dealkylation sites (tertiary alicyclic amines) is 1. The minimum atomic E-state index is -0.991. The second kappa shape index (κ2) is 8.56. The van der Waals surface area contributed by atoms with E-state index in [0.717, 1.165) is 16.9 Å². The Bertz CT molecular complexity index is 879. The molecular formula is C21H23N3O4. The first-order valence-corrected chi connectivity index (χ1v) is 9.12. The van der Waals surface area contributed by atoms with E-state index in [1.54, 1.807) is 7.11 Å². The summed E-state index contributed by atoms with van der Waals surface area (Å²) in [6.07, 6.45) is 1.32. The number of amides is 3. The van der Waals surface area contributed by atoms with Crippen molar-refractivity contribution >= 4 is 23.4 Å². The van der Waals surface area contributed by atoms with Crippen LogP contribution in [0.15, 0.2) is 48.5 Å². The van der Waals surface area contributed by atoms with Crippen molar-refractivity contribution in [1.82, 2.24) is 4.90 Å². The maximum atomic E-state index is 12.6. The van der Waals surface area contributed by atoms with Gasteiger partial charge in [-0.25, -0.2) is 0 Å². The van der Waals surface area contributed by atoms with Crippen molar-refractivity contribution in [2.75, 3.05) is 25.5 Å². The molecular weight excluding hydrogens is 358 g/mol. The third-order valence-corrected chi connectivity index (χ3v) is 4.85. The topological polar surface area (TPSA) is 102 Å². The van der Waals surface area contributed by atoms with Crippen molar-refractivity contribution in [2.45, 2.75) is 12.8 Å². The van der Waals surface area contributed by atoms with Gasteiger partial charge in [-0.1, -0.05) is 24.3 Å². The Kier molecular flexibility index (Phi) is 5.93. The largest absolute Gasteiger partial charge is 0.497 e. The van der Waals surface area contributed by atoms with Gasteiger partial charge in [-0.05, 0) is 48.2 Å². The maximum absolute atomic E-state index is 12.6. The number of benzene rings is 2. The van der Waals surface area contributed by atoms with Crippen molar-refractivity contribution in [3.63, 3.8) is 0 Å². The summed E-state index contributed by atoms with van der Waals surface area (Å²) in [6, 6.07) is 15.3. The summed E-state index contributed by atoms with van der Waals surface area (Å²) in [5.41, 5.74) is 7.76. The first kappa shape index (κ1) is 19.4. The Morgan fingerprint density at radius 3 is 2.54 bits per heavy atom. The Balaban J connectivity index is 1.64. The maximum Gasteiger partial charge on any atom is 0.311 e. The van der Waals surface area contributed by atoms with Gasteiger partial charge in [0.2, 0.25) is 5.91 Å². The van der Waals surface area contributed by atoms with Gasteiger partial charge in [-0.2, -0.15) is 0 Å². The minimum Gasteiger partial charge on any atom is -0.497 e. The molecule has 1 aliphatic heterocycles. The molecule has 0 radical (unpaired) electrons. The predicted molar refractivity (Wildman–Crippen MR) is 106 cm³/mol. The molecule has 146 valence electrons. The standard InChI is InChI=1S/C21H23N3O4/c1-28-18-6-2-4-15(12-18)14-7-9-17(10-8-14)23-20(26)16-5-3-11-24(13-16)21(27)19(22)25/h2,4,6-10,12,16H,3,5,11,13H2,1H3,(H2,22,25)(H,23,26)/t16-/m0/s1. The minimum absolute atomic E-state index is 0.170. The van der Waals surface area contributed by atoms with E-state index in [0.29, 0.717) is 25.1 Å². The summed E-state index contributed by atoms with van der Waals surface area (Å²) in [5.74, 6) is -1.48. The Hall–Kier alpha value is -3.35. The van der Waals surface area contributed by atoms with Crippen LogP contribution in [-0.2, 0) is 14.4 Å². The molecule has 3 amide bonds. The molecule has 2 aromatic rings. The summed E-state index contributed by atoms with van der Waals surface area (Å²) in [7, 11) is 1.63. The van der Waals surface area contributed by atoms with Crippen LogP contribution in [-0.4, -0.2) is 42.8 Å². The molecule has 0 aromatic heterocycles. The molecule has 1 heterocycles. The van der Waals surface area contributed by atoms with Crippen LogP contribution in [0.3, 0.4) is 0 Å². The lowest BCUT2D eigenvalue weighted by Crippen LogP contribution is -2.48. The van der Waals surface area contributed by atoms with Gasteiger partial charge in [0.1, 0.15) is 5.75 Å². The van der Waals surface area contributed by atoms with Crippen LogP contribution in [0, 0.1) is 5.92 Å². The van der Waals surface area contributed by atoms with Gasteiger partial charge < -0.3 is 20.7 Å². The number of nitrogens with zero attached hydrogens (tertiary/aromatic N) is 1. The van der Waals surface area contributed by atoms with Crippen LogP contribution in [0.1, 0.15) is 12.8 Å². The monoisotopic (exact) mass is 381 g/mol. The fraction of sp³-hybridized carbons (Fsp3) is 0.286. The van der Waals surface area contributed by atoms with Crippen LogP contribution >= 0.6 is 0 Å². The van der Waals surface area contributed by atoms with E-state index >= 15 is 0 Å². The van der Waals surface area contributed by atoms with E-state index in [1.165, 1.54) is 4.90 Å². The molecule has 0 bridgehead atoms. The molecule has 7 heteroatoms. The lowest BCUT2D eigenvalue weighted by molar-refractivity contribution is -0.146. The molecule has 0 spiro atoms. The summed E-state index contributed by atoms with van der Waals surface area (Å²) < 4.78 is 5.25. The Morgan fingerprint density at radius 1 is 1.11 bits per heavy atom. The highest BCUT2D eigenvalue weighted by Gasteiger charge is 2.30. The molecule has 1 aliphatic rings.